The van der Waals surface area contributed by atoms with E-state index in [1.807, 2.05) is 6.92 Å². The highest BCUT2D eigenvalue weighted by atomic mass is 16.3. The molecule has 19 heavy (non-hydrogen) atoms. The Balaban J connectivity index is 2.22. The van der Waals surface area contributed by atoms with Gasteiger partial charge in [-0.1, -0.05) is 25.1 Å². The molecule has 1 aromatic rings. The molecular weight excluding hydrogens is 236 g/mol. The first-order valence-electron chi connectivity index (χ1n) is 7.35. The van der Waals surface area contributed by atoms with Crippen LogP contribution in [0.2, 0.25) is 0 Å². The Labute approximate surface area is 116 Å². The van der Waals surface area contributed by atoms with Crippen LogP contribution in [0.3, 0.4) is 0 Å². The van der Waals surface area contributed by atoms with Crippen LogP contribution in [0.4, 0.5) is 5.69 Å². The van der Waals surface area contributed by atoms with Gasteiger partial charge < -0.3 is 15.7 Å². The fraction of sp³-hybridized carbons (Fsp3) is 0.625. The van der Waals surface area contributed by atoms with Crippen molar-refractivity contribution in [3.63, 3.8) is 0 Å². The molecule has 0 saturated carbocycles. The first kappa shape index (κ1) is 14.4. The molecule has 1 fully saturated rings. The zero-order chi connectivity index (χ0) is 13.9. The second-order valence-corrected chi connectivity index (χ2v) is 5.91. The third-order valence-electron chi connectivity index (χ3n) is 4.18. The SMILES string of the molecule is CC[C@@H](N)c1ccccc1N1CCCC(C)(O)CC1. The Kier molecular flexibility index (Phi) is 4.48. The molecule has 3 nitrogen and oxygen atoms in total. The molecular formula is C16H26N2O. The van der Waals surface area contributed by atoms with Gasteiger partial charge in [0.2, 0.25) is 0 Å². The number of benzene rings is 1. The van der Waals surface area contributed by atoms with E-state index in [0.717, 1.165) is 38.8 Å². The molecule has 2 rings (SSSR count). The minimum atomic E-state index is -0.517. The standard InChI is InChI=1S/C16H26N2O/c1-3-14(17)13-7-4-5-8-15(13)18-11-6-9-16(2,19)10-12-18/h4-5,7-8,14,19H,3,6,9-12,17H2,1-2H3/t14-,16?/m1/s1. The molecule has 3 heteroatoms. The summed E-state index contributed by atoms with van der Waals surface area (Å²) in [5.74, 6) is 0. The van der Waals surface area contributed by atoms with E-state index in [2.05, 4.69) is 36.1 Å². The summed E-state index contributed by atoms with van der Waals surface area (Å²) < 4.78 is 0. The zero-order valence-corrected chi connectivity index (χ0v) is 12.1. The van der Waals surface area contributed by atoms with Crippen molar-refractivity contribution in [3.8, 4) is 0 Å². The Morgan fingerprint density at radius 2 is 2.05 bits per heavy atom. The van der Waals surface area contributed by atoms with Crippen molar-refractivity contribution < 1.29 is 5.11 Å². The van der Waals surface area contributed by atoms with Gasteiger partial charge in [-0.2, -0.15) is 0 Å². The van der Waals surface area contributed by atoms with E-state index in [1.54, 1.807) is 0 Å². The Bertz CT molecular complexity index is 417. The molecule has 1 saturated heterocycles. The van der Waals surface area contributed by atoms with E-state index in [1.165, 1.54) is 11.3 Å². The molecule has 106 valence electrons. The van der Waals surface area contributed by atoms with Crippen LogP contribution in [0.5, 0.6) is 0 Å². The summed E-state index contributed by atoms with van der Waals surface area (Å²) in [7, 11) is 0. The lowest BCUT2D eigenvalue weighted by Gasteiger charge is -2.28. The largest absolute Gasteiger partial charge is 0.390 e. The van der Waals surface area contributed by atoms with Crippen molar-refractivity contribution in [2.75, 3.05) is 18.0 Å². The van der Waals surface area contributed by atoms with Gasteiger partial charge in [0.15, 0.2) is 0 Å². The lowest BCUT2D eigenvalue weighted by atomic mass is 9.98. The molecule has 1 aromatic carbocycles. The number of rotatable bonds is 3. The van der Waals surface area contributed by atoms with E-state index in [9.17, 15) is 5.11 Å². The smallest absolute Gasteiger partial charge is 0.0637 e. The molecule has 1 heterocycles. The zero-order valence-electron chi connectivity index (χ0n) is 12.1. The predicted molar refractivity (Wildman–Crippen MR) is 80.3 cm³/mol. The maximum atomic E-state index is 10.2. The lowest BCUT2D eigenvalue weighted by molar-refractivity contribution is 0.0481. The third kappa shape index (κ3) is 3.48. The minimum absolute atomic E-state index is 0.0972. The van der Waals surface area contributed by atoms with Gasteiger partial charge in [-0.05, 0) is 44.2 Å². The van der Waals surface area contributed by atoms with Crippen molar-refractivity contribution in [1.29, 1.82) is 0 Å². The highest BCUT2D eigenvalue weighted by molar-refractivity contribution is 5.55. The van der Waals surface area contributed by atoms with Crippen LogP contribution in [0.1, 0.15) is 51.1 Å². The fourth-order valence-electron chi connectivity index (χ4n) is 2.81. The van der Waals surface area contributed by atoms with Crippen LogP contribution in [0, 0.1) is 0 Å². The number of nitrogens with two attached hydrogens (primary N) is 1. The van der Waals surface area contributed by atoms with Gasteiger partial charge in [-0.25, -0.2) is 0 Å². The number of para-hydroxylation sites is 1. The van der Waals surface area contributed by atoms with Crippen molar-refractivity contribution in [2.24, 2.45) is 5.73 Å². The second kappa shape index (κ2) is 5.93. The summed E-state index contributed by atoms with van der Waals surface area (Å²) in [6.45, 7) is 5.97. The molecule has 0 aliphatic carbocycles. The molecule has 3 N–H and O–H groups in total. The van der Waals surface area contributed by atoms with Crippen molar-refractivity contribution in [3.05, 3.63) is 29.8 Å². The number of nitrogens with zero attached hydrogens (tertiary/aromatic N) is 1. The minimum Gasteiger partial charge on any atom is -0.390 e. The molecule has 0 amide bonds. The van der Waals surface area contributed by atoms with Gasteiger partial charge in [0.05, 0.1) is 5.60 Å². The average Bonchev–Trinajstić information content (AvgIpc) is 2.59. The summed E-state index contributed by atoms with van der Waals surface area (Å²) in [5, 5.41) is 10.2. The number of hydrogen-bond donors (Lipinski definition) is 2. The van der Waals surface area contributed by atoms with Crippen molar-refractivity contribution >= 4 is 5.69 Å². The van der Waals surface area contributed by atoms with Gasteiger partial charge in [0.1, 0.15) is 0 Å². The quantitative estimate of drug-likeness (QED) is 0.880. The van der Waals surface area contributed by atoms with Crippen molar-refractivity contribution in [2.45, 2.75) is 51.2 Å². The highest BCUT2D eigenvalue weighted by Crippen LogP contribution is 2.30. The molecule has 1 aliphatic heterocycles. The van der Waals surface area contributed by atoms with Gasteiger partial charge >= 0.3 is 0 Å². The Hall–Kier alpha value is -1.06. The molecule has 0 spiro atoms. The maximum Gasteiger partial charge on any atom is 0.0637 e. The summed E-state index contributed by atoms with van der Waals surface area (Å²) in [6.07, 6.45) is 3.68. The first-order chi connectivity index (χ1) is 9.03. The summed E-state index contributed by atoms with van der Waals surface area (Å²) >= 11 is 0. The number of hydrogen-bond acceptors (Lipinski definition) is 3. The molecule has 0 bridgehead atoms. The van der Waals surface area contributed by atoms with Gasteiger partial charge in [0, 0.05) is 24.8 Å². The van der Waals surface area contributed by atoms with Crippen LogP contribution in [0.15, 0.2) is 24.3 Å². The molecule has 1 aliphatic rings. The predicted octanol–water partition coefficient (Wildman–Crippen LogP) is 2.84. The summed E-state index contributed by atoms with van der Waals surface area (Å²) in [4.78, 5) is 2.38. The van der Waals surface area contributed by atoms with Gasteiger partial charge in [0.25, 0.3) is 0 Å². The van der Waals surface area contributed by atoms with E-state index in [4.69, 9.17) is 5.73 Å². The summed E-state index contributed by atoms with van der Waals surface area (Å²) in [6, 6.07) is 8.52. The topological polar surface area (TPSA) is 49.5 Å². The monoisotopic (exact) mass is 262 g/mol. The third-order valence-corrected chi connectivity index (χ3v) is 4.18. The molecule has 2 atom stereocenters. The van der Waals surface area contributed by atoms with Gasteiger partial charge in [-0.3, -0.25) is 0 Å². The summed E-state index contributed by atoms with van der Waals surface area (Å²) in [5.41, 5.74) is 8.17. The average molecular weight is 262 g/mol. The maximum absolute atomic E-state index is 10.2. The van der Waals surface area contributed by atoms with Crippen LogP contribution in [0.25, 0.3) is 0 Å². The molecule has 0 radical (unpaired) electrons. The number of anilines is 1. The van der Waals surface area contributed by atoms with E-state index in [0.29, 0.717) is 0 Å². The lowest BCUT2D eigenvalue weighted by Crippen LogP contribution is -2.29. The Morgan fingerprint density at radius 1 is 1.32 bits per heavy atom. The molecule has 1 unspecified atom stereocenters. The number of aliphatic hydroxyl groups is 1. The first-order valence-corrected chi connectivity index (χ1v) is 7.35. The van der Waals surface area contributed by atoms with Crippen LogP contribution in [-0.2, 0) is 0 Å². The van der Waals surface area contributed by atoms with E-state index < -0.39 is 5.60 Å². The van der Waals surface area contributed by atoms with Crippen LogP contribution < -0.4 is 10.6 Å². The van der Waals surface area contributed by atoms with Crippen LogP contribution >= 0.6 is 0 Å². The van der Waals surface area contributed by atoms with Crippen molar-refractivity contribution in [1.82, 2.24) is 0 Å². The van der Waals surface area contributed by atoms with E-state index in [-0.39, 0.29) is 6.04 Å². The molecule has 0 aromatic heterocycles. The second-order valence-electron chi connectivity index (χ2n) is 5.91. The van der Waals surface area contributed by atoms with Gasteiger partial charge in [-0.15, -0.1) is 0 Å². The highest BCUT2D eigenvalue weighted by Gasteiger charge is 2.26. The van der Waals surface area contributed by atoms with Crippen LogP contribution in [-0.4, -0.2) is 23.8 Å². The fourth-order valence-corrected chi connectivity index (χ4v) is 2.81. The Morgan fingerprint density at radius 3 is 2.79 bits per heavy atom. The normalized spacial score (nSPS) is 26.0. The van der Waals surface area contributed by atoms with E-state index >= 15 is 0 Å².